The topological polar surface area (TPSA) is 30.7 Å². The summed E-state index contributed by atoms with van der Waals surface area (Å²) in [6.07, 6.45) is 0. The smallest absolute Gasteiger partial charge is 0.179 e. The third-order valence-electron chi connectivity index (χ3n) is 20.5. The second-order valence-corrected chi connectivity index (χ2v) is 32.9. The van der Waals surface area contributed by atoms with Gasteiger partial charge in [0.15, 0.2) is 22.0 Å². The summed E-state index contributed by atoms with van der Waals surface area (Å²) >= 11 is 0. The molecule has 0 radical (unpaired) electrons. The van der Waals surface area contributed by atoms with Gasteiger partial charge in [-0.1, -0.05) is 352 Å². The Balaban J connectivity index is 0.879. The number of hydrogen-bond donors (Lipinski definition) is 0. The van der Waals surface area contributed by atoms with Gasteiger partial charge < -0.3 is 0 Å². The Labute approximate surface area is 556 Å². The molecule has 3 aliphatic rings. The largest absolute Gasteiger partial charge is 0.294 e. The lowest BCUT2D eigenvalue weighted by Gasteiger charge is -2.47. The van der Waals surface area contributed by atoms with E-state index in [2.05, 4.69) is 375 Å². The van der Waals surface area contributed by atoms with Crippen LogP contribution >= 0.6 is 0 Å². The molecule has 3 aliphatic carbocycles. The number of fused-ring (bicyclic) bond motifs is 3. The van der Waals surface area contributed by atoms with Gasteiger partial charge in [0.1, 0.15) is 5.82 Å². The summed E-state index contributed by atoms with van der Waals surface area (Å²) in [6, 6.07) is 139. The molecule has 2 unspecified atom stereocenters. The van der Waals surface area contributed by atoms with E-state index in [4.69, 9.17) is 9.97 Å². The minimum atomic E-state index is -3.19. The maximum absolute atomic E-state index is 5.88. The van der Waals surface area contributed by atoms with Crippen LogP contribution in [-0.4, -0.2) is 30.7 Å². The van der Waals surface area contributed by atoms with Crippen molar-refractivity contribution in [3.8, 4) is 50.7 Å². The molecule has 3 nitrogen and oxygen atoms in total. The molecule has 0 N–H and O–H groups in total. The number of rotatable bonds is 13. The Morgan fingerprint density at radius 3 is 1.22 bits per heavy atom. The van der Waals surface area contributed by atoms with Crippen LogP contribution in [0.2, 0.25) is 0 Å². The van der Waals surface area contributed by atoms with Gasteiger partial charge >= 0.3 is 0 Å². The van der Waals surface area contributed by atoms with Gasteiger partial charge in [0, 0.05) is 39.8 Å². The van der Waals surface area contributed by atoms with Crippen LogP contribution in [0, 0.1) is 0 Å². The van der Waals surface area contributed by atoms with Crippen LogP contribution in [0.5, 0.6) is 0 Å². The molecule has 5 heteroatoms. The lowest BCUT2D eigenvalue weighted by Crippen LogP contribution is -2.75. The maximum atomic E-state index is 5.88. The Hall–Kier alpha value is -11.6. The van der Waals surface area contributed by atoms with E-state index in [1.165, 1.54) is 102 Å². The van der Waals surface area contributed by atoms with Gasteiger partial charge in [0.25, 0.3) is 0 Å². The molecule has 0 fully saturated rings. The van der Waals surface area contributed by atoms with Crippen LogP contribution in [0.15, 0.2) is 370 Å². The first-order valence-electron chi connectivity index (χ1n) is 33.0. The van der Waals surface area contributed by atoms with Crippen molar-refractivity contribution in [2.75, 3.05) is 0 Å². The van der Waals surface area contributed by atoms with Crippen LogP contribution < -0.4 is 41.5 Å². The van der Waals surface area contributed by atoms with Crippen LogP contribution in [-0.2, 0) is 0 Å². The fraction of sp³-hybridized carbons (Fsp3) is 0.0222. The van der Waals surface area contributed by atoms with Crippen LogP contribution in [0.25, 0.3) is 72.5 Å². The first-order valence-corrected chi connectivity index (χ1v) is 37.0. The van der Waals surface area contributed by atoms with Gasteiger partial charge in [-0.15, -0.1) is 0 Å². The molecule has 0 saturated carbocycles. The van der Waals surface area contributed by atoms with Crippen molar-refractivity contribution in [3.05, 3.63) is 403 Å². The molecule has 0 aliphatic heterocycles. The molecular formula is C90H63N3Si2. The van der Waals surface area contributed by atoms with E-state index < -0.39 is 16.1 Å². The van der Waals surface area contributed by atoms with Crippen LogP contribution in [0.1, 0.15) is 45.2 Å². The lowest BCUT2D eigenvalue weighted by atomic mass is 9.60. The van der Waals surface area contributed by atoms with Crippen LogP contribution in [0.4, 0.5) is 0 Å². The minimum Gasteiger partial charge on any atom is -0.294 e. The number of hydrogen-bond acceptors (Lipinski definition) is 2. The highest BCUT2D eigenvalue weighted by Crippen LogP contribution is 2.58. The van der Waals surface area contributed by atoms with Gasteiger partial charge in [-0.2, -0.15) is 0 Å². The summed E-state index contributed by atoms with van der Waals surface area (Å²) in [6.45, 7) is 0. The first kappa shape index (κ1) is 56.2. The molecule has 2 heterocycles. The third-order valence-corrected chi connectivity index (χ3v) is 30.1. The predicted molar refractivity (Wildman–Crippen MR) is 400 cm³/mol. The molecule has 16 aromatic rings. The monoisotopic (exact) mass is 1240 g/mol. The van der Waals surface area contributed by atoms with Gasteiger partial charge in [-0.25, -0.2) is 9.97 Å². The average molecular weight is 1240 g/mol. The molecule has 2 aromatic heterocycles. The van der Waals surface area contributed by atoms with Gasteiger partial charge in [0.2, 0.25) is 0 Å². The zero-order valence-electron chi connectivity index (χ0n) is 52.2. The fourth-order valence-electron chi connectivity index (χ4n) is 16.7. The van der Waals surface area contributed by atoms with Crippen molar-refractivity contribution in [2.45, 2.75) is 11.8 Å². The molecule has 0 saturated heterocycles. The quantitative estimate of drug-likeness (QED) is 0.0851. The number of benzene rings is 14. The molecule has 95 heavy (non-hydrogen) atoms. The van der Waals surface area contributed by atoms with Crippen molar-refractivity contribution in [3.63, 3.8) is 0 Å². The molecule has 2 atom stereocenters. The minimum absolute atomic E-state index is 0.000301. The highest BCUT2D eigenvalue weighted by atomic mass is 28.3. The maximum Gasteiger partial charge on any atom is 0.179 e. The van der Waals surface area contributed by atoms with Gasteiger partial charge in [0.05, 0.1) is 16.7 Å². The molecule has 446 valence electrons. The van der Waals surface area contributed by atoms with Gasteiger partial charge in [-0.05, 0) is 109 Å². The molecule has 14 aromatic carbocycles. The highest BCUT2D eigenvalue weighted by Gasteiger charge is 2.50. The zero-order chi connectivity index (χ0) is 62.9. The Morgan fingerprint density at radius 2 is 0.642 bits per heavy atom. The third kappa shape index (κ3) is 8.92. The highest BCUT2D eigenvalue weighted by molar-refractivity contribution is 7.20. The summed E-state index contributed by atoms with van der Waals surface area (Å²) in [5, 5.41) is 13.0. The van der Waals surface area contributed by atoms with Crippen molar-refractivity contribution < 1.29 is 0 Å². The summed E-state index contributed by atoms with van der Waals surface area (Å²) in [4.78, 5) is 11.6. The van der Waals surface area contributed by atoms with Crippen molar-refractivity contribution in [1.29, 1.82) is 0 Å². The number of aromatic nitrogens is 3. The van der Waals surface area contributed by atoms with E-state index in [0.717, 1.165) is 39.2 Å². The molecule has 0 spiro atoms. The van der Waals surface area contributed by atoms with Crippen molar-refractivity contribution in [2.24, 2.45) is 0 Å². The standard InChI is InChI=1S/C90H63N3Si2/c1-7-31-62(32-8-1)63-33-27-46-71(59-63)95(68-41-15-5-16-42-68,69-43-17-6-18-44-69)84-58-30-55-80-86-77-51-21-22-52-78(77)89(88(80)84)87-76(53-29-54-79(86)87)72-47-19-20-48-73(72)81-61-85(93-82-56-25-23-49-74(82)75-50-24-26-57-83(75)93)92-90(91-81)64-34-28-45-70(60-64)94(65-35-9-2-10-36-65,66-37-11-3-12-38-66)67-39-13-4-14-40-67/h1-61,86,89H. The number of nitrogens with zero attached hydrogens (tertiary/aromatic N) is 3. The normalized spacial score (nSPS) is 13.9. The SMILES string of the molecule is c1ccc(-c2cccc([Si](c3ccccc3)(c3ccccc3)c3cccc4c3C3c5ccccc5C4c4cccc(-c5ccccc5-c5cc(-n6c7ccccc7c7ccccc76)nc(-c6cccc([Si](c7ccccc7)(c7ccccc7)c7ccccc7)c6)n5)c43)c2)cc1. The number of para-hydroxylation sites is 2. The zero-order valence-corrected chi connectivity index (χ0v) is 54.2. The summed E-state index contributed by atoms with van der Waals surface area (Å²) in [5.74, 6) is 1.37. The van der Waals surface area contributed by atoms with Gasteiger partial charge in [-0.3, -0.25) is 4.57 Å². The van der Waals surface area contributed by atoms with E-state index >= 15 is 0 Å². The van der Waals surface area contributed by atoms with E-state index in [1.807, 2.05) is 0 Å². The second-order valence-electron chi connectivity index (χ2n) is 25.3. The average Bonchev–Trinajstić information content (AvgIpc) is 1.18. The Kier molecular flexibility index (Phi) is 13.7. The Bertz CT molecular complexity index is 5370. The molecule has 0 amide bonds. The summed E-state index contributed by atoms with van der Waals surface area (Å²) < 4.78 is 2.35. The van der Waals surface area contributed by atoms with Crippen molar-refractivity contribution in [1.82, 2.24) is 14.5 Å². The summed E-state index contributed by atoms with van der Waals surface area (Å²) in [5.41, 5.74) is 18.1. The van der Waals surface area contributed by atoms with E-state index in [9.17, 15) is 0 Å². The molecular weight excluding hydrogens is 1180 g/mol. The molecule has 2 bridgehead atoms. The second kappa shape index (κ2) is 23.2. The van der Waals surface area contributed by atoms with E-state index in [1.54, 1.807) is 0 Å². The van der Waals surface area contributed by atoms with E-state index in [0.29, 0.717) is 5.82 Å². The van der Waals surface area contributed by atoms with Crippen LogP contribution in [0.3, 0.4) is 0 Å². The van der Waals surface area contributed by atoms with E-state index in [-0.39, 0.29) is 11.8 Å². The first-order chi connectivity index (χ1) is 47.2. The predicted octanol–water partition coefficient (Wildman–Crippen LogP) is 16.0. The van der Waals surface area contributed by atoms with Crippen molar-refractivity contribution >= 4 is 79.4 Å². The summed E-state index contributed by atoms with van der Waals surface area (Å²) in [7, 11) is -6.14. The molecule has 19 rings (SSSR count). The fourth-order valence-corrected chi connectivity index (χ4v) is 26.5. The lowest BCUT2D eigenvalue weighted by molar-refractivity contribution is 0.760. The Morgan fingerprint density at radius 1 is 0.253 bits per heavy atom.